The highest BCUT2D eigenvalue weighted by Crippen LogP contribution is 2.31. The van der Waals surface area contributed by atoms with E-state index in [0.717, 1.165) is 11.3 Å². The highest BCUT2D eigenvalue weighted by atomic mass is 35.5. The van der Waals surface area contributed by atoms with Crippen LogP contribution in [-0.2, 0) is 6.54 Å². The number of benzene rings is 2. The first-order chi connectivity index (χ1) is 8.58. The summed E-state index contributed by atoms with van der Waals surface area (Å²) >= 11 is 18.2. The molecular formula is C14H12Cl3N. The number of hydrogen-bond acceptors (Lipinski definition) is 1. The normalized spacial score (nSPS) is 10.4. The van der Waals surface area contributed by atoms with Crippen LogP contribution >= 0.6 is 34.8 Å². The maximum Gasteiger partial charge on any atom is 0.0657 e. The minimum atomic E-state index is 0.503. The quantitative estimate of drug-likeness (QED) is 0.731. The molecule has 0 radical (unpaired) electrons. The van der Waals surface area contributed by atoms with Crippen molar-refractivity contribution in [2.24, 2.45) is 0 Å². The van der Waals surface area contributed by atoms with E-state index in [2.05, 4.69) is 12.2 Å². The highest BCUT2D eigenvalue weighted by Gasteiger charge is 2.09. The topological polar surface area (TPSA) is 12.0 Å². The van der Waals surface area contributed by atoms with Crippen molar-refractivity contribution in [3.63, 3.8) is 0 Å². The molecule has 0 amide bonds. The van der Waals surface area contributed by atoms with E-state index >= 15 is 0 Å². The van der Waals surface area contributed by atoms with E-state index in [0.29, 0.717) is 21.6 Å². The van der Waals surface area contributed by atoms with Crippen molar-refractivity contribution in [2.45, 2.75) is 13.5 Å². The molecule has 1 N–H and O–H groups in total. The van der Waals surface area contributed by atoms with E-state index in [4.69, 9.17) is 34.8 Å². The van der Waals surface area contributed by atoms with Crippen molar-refractivity contribution < 1.29 is 0 Å². The monoisotopic (exact) mass is 299 g/mol. The summed E-state index contributed by atoms with van der Waals surface area (Å²) in [5.74, 6) is 0. The number of anilines is 1. The van der Waals surface area contributed by atoms with Crippen LogP contribution in [0.2, 0.25) is 15.1 Å². The second-order valence-electron chi connectivity index (χ2n) is 4.04. The van der Waals surface area contributed by atoms with Gasteiger partial charge in [-0.2, -0.15) is 0 Å². The van der Waals surface area contributed by atoms with Gasteiger partial charge in [0.15, 0.2) is 0 Å². The van der Waals surface area contributed by atoms with Gasteiger partial charge in [0.05, 0.1) is 10.0 Å². The molecular weight excluding hydrogens is 289 g/mol. The first-order valence-electron chi connectivity index (χ1n) is 5.51. The lowest BCUT2D eigenvalue weighted by atomic mass is 10.2. The summed E-state index contributed by atoms with van der Waals surface area (Å²) in [5.41, 5.74) is 3.05. The van der Waals surface area contributed by atoms with E-state index < -0.39 is 0 Å². The molecule has 0 atom stereocenters. The molecule has 94 valence electrons. The lowest BCUT2D eigenvalue weighted by molar-refractivity contribution is 1.15. The molecule has 0 heterocycles. The Morgan fingerprint density at radius 3 is 2.17 bits per heavy atom. The third-order valence-electron chi connectivity index (χ3n) is 2.66. The van der Waals surface area contributed by atoms with Crippen LogP contribution in [0.3, 0.4) is 0 Å². The Kier molecular flexibility index (Phi) is 4.39. The Bertz CT molecular complexity index is 550. The van der Waals surface area contributed by atoms with Crippen molar-refractivity contribution in [2.75, 3.05) is 5.32 Å². The molecule has 0 unspecified atom stereocenters. The van der Waals surface area contributed by atoms with E-state index in [9.17, 15) is 0 Å². The molecule has 0 aromatic heterocycles. The average molecular weight is 301 g/mol. The summed E-state index contributed by atoms with van der Waals surface area (Å²) in [7, 11) is 0. The van der Waals surface area contributed by atoms with Gasteiger partial charge in [-0.1, -0.05) is 52.5 Å². The Morgan fingerprint density at radius 1 is 0.889 bits per heavy atom. The van der Waals surface area contributed by atoms with Crippen LogP contribution < -0.4 is 5.32 Å². The maximum atomic E-state index is 6.13. The van der Waals surface area contributed by atoms with Gasteiger partial charge in [-0.05, 0) is 31.2 Å². The molecule has 0 aliphatic carbocycles. The second kappa shape index (κ2) is 5.83. The van der Waals surface area contributed by atoms with Crippen molar-refractivity contribution in [3.8, 4) is 0 Å². The molecule has 0 saturated heterocycles. The van der Waals surface area contributed by atoms with Crippen molar-refractivity contribution >= 4 is 40.5 Å². The molecule has 2 aromatic carbocycles. The van der Waals surface area contributed by atoms with Crippen molar-refractivity contribution in [3.05, 3.63) is 62.6 Å². The zero-order valence-electron chi connectivity index (χ0n) is 9.81. The van der Waals surface area contributed by atoms with E-state index in [1.807, 2.05) is 24.3 Å². The molecule has 0 bridgehead atoms. The van der Waals surface area contributed by atoms with Crippen LogP contribution in [-0.4, -0.2) is 0 Å². The Hall–Kier alpha value is -0.890. The van der Waals surface area contributed by atoms with Gasteiger partial charge in [0, 0.05) is 22.8 Å². The molecule has 0 fully saturated rings. The van der Waals surface area contributed by atoms with Crippen molar-refractivity contribution in [1.82, 2.24) is 0 Å². The van der Waals surface area contributed by atoms with Crippen LogP contribution in [0.1, 0.15) is 11.1 Å². The Morgan fingerprint density at radius 2 is 1.50 bits per heavy atom. The number of hydrogen-bond donors (Lipinski definition) is 1. The number of aryl methyl sites for hydroxylation is 1. The predicted octanol–water partition coefficient (Wildman–Crippen LogP) is 5.57. The fraction of sp³-hybridized carbons (Fsp3) is 0.143. The third kappa shape index (κ3) is 3.11. The van der Waals surface area contributed by atoms with E-state index in [1.165, 1.54) is 5.56 Å². The molecule has 0 spiro atoms. The second-order valence-corrected chi connectivity index (χ2v) is 5.23. The summed E-state index contributed by atoms with van der Waals surface area (Å²) in [5, 5.41) is 4.90. The minimum Gasteiger partial charge on any atom is -0.381 e. The zero-order chi connectivity index (χ0) is 13.1. The van der Waals surface area contributed by atoms with Gasteiger partial charge in [0.2, 0.25) is 0 Å². The summed E-state index contributed by atoms with van der Waals surface area (Å²) in [6, 6.07) is 11.6. The fourth-order valence-corrected chi connectivity index (χ4v) is 2.27. The molecule has 2 aromatic rings. The van der Waals surface area contributed by atoms with Crippen LogP contribution in [0.5, 0.6) is 0 Å². The zero-order valence-corrected chi connectivity index (χ0v) is 12.1. The molecule has 1 nitrogen and oxygen atoms in total. The van der Waals surface area contributed by atoms with E-state index in [-0.39, 0.29) is 0 Å². The van der Waals surface area contributed by atoms with E-state index in [1.54, 1.807) is 12.1 Å². The van der Waals surface area contributed by atoms with Gasteiger partial charge in [0.25, 0.3) is 0 Å². The third-order valence-corrected chi connectivity index (χ3v) is 3.86. The molecule has 0 aliphatic heterocycles. The summed E-state index contributed by atoms with van der Waals surface area (Å²) in [6.45, 7) is 2.59. The van der Waals surface area contributed by atoms with Gasteiger partial charge in [-0.25, -0.2) is 0 Å². The molecule has 18 heavy (non-hydrogen) atoms. The van der Waals surface area contributed by atoms with Crippen molar-refractivity contribution in [1.29, 1.82) is 0 Å². The van der Waals surface area contributed by atoms with Gasteiger partial charge in [0.1, 0.15) is 0 Å². The largest absolute Gasteiger partial charge is 0.381 e. The molecule has 2 rings (SSSR count). The maximum absolute atomic E-state index is 6.13. The molecule has 0 saturated carbocycles. The first-order valence-corrected chi connectivity index (χ1v) is 6.64. The minimum absolute atomic E-state index is 0.503. The molecule has 4 heteroatoms. The van der Waals surface area contributed by atoms with Gasteiger partial charge >= 0.3 is 0 Å². The smallest absolute Gasteiger partial charge is 0.0657 e. The van der Waals surface area contributed by atoms with Gasteiger partial charge in [-0.15, -0.1) is 0 Å². The Balaban J connectivity index is 2.15. The number of halogens is 3. The Labute approximate surface area is 122 Å². The summed E-state index contributed by atoms with van der Waals surface area (Å²) < 4.78 is 0. The van der Waals surface area contributed by atoms with Crippen LogP contribution in [0.4, 0.5) is 5.69 Å². The van der Waals surface area contributed by atoms with Gasteiger partial charge in [-0.3, -0.25) is 0 Å². The predicted molar refractivity (Wildman–Crippen MR) is 80.0 cm³/mol. The summed E-state index contributed by atoms with van der Waals surface area (Å²) in [4.78, 5) is 0. The fourth-order valence-electron chi connectivity index (χ4n) is 1.59. The standard InChI is InChI=1S/C14H12Cl3N/c1-9-2-4-10(5-3-9)18-8-11-12(15)6-7-13(16)14(11)17/h2-7,18H,8H2,1H3. The lowest BCUT2D eigenvalue weighted by Gasteiger charge is -2.11. The van der Waals surface area contributed by atoms with Crippen LogP contribution in [0.15, 0.2) is 36.4 Å². The average Bonchev–Trinajstić information content (AvgIpc) is 2.36. The molecule has 0 aliphatic rings. The van der Waals surface area contributed by atoms with Crippen LogP contribution in [0.25, 0.3) is 0 Å². The first kappa shape index (κ1) is 13.5. The van der Waals surface area contributed by atoms with Crippen LogP contribution in [0, 0.1) is 6.92 Å². The lowest BCUT2D eigenvalue weighted by Crippen LogP contribution is -2.01. The SMILES string of the molecule is Cc1ccc(NCc2c(Cl)ccc(Cl)c2Cl)cc1. The van der Waals surface area contributed by atoms with Gasteiger partial charge < -0.3 is 5.32 Å². The highest BCUT2D eigenvalue weighted by molar-refractivity contribution is 6.44. The number of rotatable bonds is 3. The number of nitrogens with one attached hydrogen (secondary N) is 1. The summed E-state index contributed by atoms with van der Waals surface area (Å²) in [6.07, 6.45) is 0.